The molecule has 0 atom stereocenters. The molecule has 4 N–H and O–H groups in total. The maximum atomic E-state index is 12.0. The Balaban J connectivity index is 1.56. The summed E-state index contributed by atoms with van der Waals surface area (Å²) in [6.07, 6.45) is 1.84. The normalized spacial score (nSPS) is 10.5. The number of rotatable bonds is 7. The molecule has 2 amide bonds. The highest BCUT2D eigenvalue weighted by Crippen LogP contribution is 2.25. The minimum atomic E-state index is -0.553. The van der Waals surface area contributed by atoms with Crippen molar-refractivity contribution in [2.24, 2.45) is 5.73 Å². The van der Waals surface area contributed by atoms with E-state index < -0.39 is 5.91 Å². The van der Waals surface area contributed by atoms with E-state index in [2.05, 4.69) is 15.3 Å². The second-order valence-corrected chi connectivity index (χ2v) is 6.40. The molecule has 0 radical (unpaired) electrons. The summed E-state index contributed by atoms with van der Waals surface area (Å²) in [5.41, 5.74) is 7.41. The van der Waals surface area contributed by atoms with Crippen LogP contribution in [0.4, 0.5) is 5.13 Å². The topological polar surface area (TPSA) is 118 Å². The van der Waals surface area contributed by atoms with E-state index in [1.807, 2.05) is 6.07 Å². The molecule has 3 aromatic rings. The highest BCUT2D eigenvalue weighted by Gasteiger charge is 2.13. The van der Waals surface area contributed by atoms with Gasteiger partial charge in [-0.25, -0.2) is 4.98 Å². The lowest BCUT2D eigenvalue weighted by Gasteiger charge is -2.02. The largest absolute Gasteiger partial charge is 0.364 e. The number of thiazole rings is 1. The monoisotopic (exact) mass is 368 g/mol. The zero-order chi connectivity index (χ0) is 18.5. The summed E-state index contributed by atoms with van der Waals surface area (Å²) in [5.74, 6) is -0.906. The molecule has 0 aliphatic carbocycles. The van der Waals surface area contributed by atoms with Crippen molar-refractivity contribution < 1.29 is 14.4 Å². The van der Waals surface area contributed by atoms with Gasteiger partial charge in [-0.2, -0.15) is 0 Å². The molecule has 2 heterocycles. The van der Waals surface area contributed by atoms with Gasteiger partial charge >= 0.3 is 0 Å². The quantitative estimate of drug-likeness (QED) is 0.556. The van der Waals surface area contributed by atoms with Crippen LogP contribution in [0.25, 0.3) is 11.3 Å². The predicted molar refractivity (Wildman–Crippen MR) is 99.1 cm³/mol. The SMILES string of the molecule is NC(=O)c1cc(-c2csc(NC(=O)CCC(=O)c3ccccc3)n2)c[nH]1. The van der Waals surface area contributed by atoms with Crippen LogP contribution < -0.4 is 11.1 Å². The second kappa shape index (κ2) is 7.75. The smallest absolute Gasteiger partial charge is 0.265 e. The fourth-order valence-corrected chi connectivity index (χ4v) is 3.06. The van der Waals surface area contributed by atoms with Gasteiger partial charge in [-0.05, 0) is 6.07 Å². The van der Waals surface area contributed by atoms with E-state index in [0.717, 1.165) is 0 Å². The number of nitrogens with two attached hydrogens (primary N) is 1. The van der Waals surface area contributed by atoms with E-state index in [0.29, 0.717) is 22.0 Å². The Hall–Kier alpha value is -3.26. The molecular weight excluding hydrogens is 352 g/mol. The summed E-state index contributed by atoms with van der Waals surface area (Å²) < 4.78 is 0. The highest BCUT2D eigenvalue weighted by atomic mass is 32.1. The van der Waals surface area contributed by atoms with E-state index in [1.165, 1.54) is 11.3 Å². The first-order chi connectivity index (χ1) is 12.5. The Labute approximate surface area is 153 Å². The molecule has 0 aliphatic rings. The third-order valence-corrected chi connectivity index (χ3v) is 4.43. The fourth-order valence-electron chi connectivity index (χ4n) is 2.33. The van der Waals surface area contributed by atoms with Crippen LogP contribution in [0.3, 0.4) is 0 Å². The lowest BCUT2D eigenvalue weighted by atomic mass is 10.1. The Kier molecular flexibility index (Phi) is 5.23. The van der Waals surface area contributed by atoms with Crippen molar-refractivity contribution in [1.82, 2.24) is 9.97 Å². The summed E-state index contributed by atoms with van der Waals surface area (Å²) in [6.45, 7) is 0. The number of hydrogen-bond donors (Lipinski definition) is 3. The number of aromatic nitrogens is 2. The third kappa shape index (κ3) is 4.22. The van der Waals surface area contributed by atoms with E-state index in [4.69, 9.17) is 5.73 Å². The Morgan fingerprint density at radius 2 is 1.92 bits per heavy atom. The van der Waals surface area contributed by atoms with E-state index in [9.17, 15) is 14.4 Å². The molecule has 7 nitrogen and oxygen atoms in total. The van der Waals surface area contributed by atoms with E-state index in [1.54, 1.807) is 41.9 Å². The summed E-state index contributed by atoms with van der Waals surface area (Å²) in [7, 11) is 0. The van der Waals surface area contributed by atoms with Gasteiger partial charge in [-0.1, -0.05) is 30.3 Å². The molecule has 0 aliphatic heterocycles. The zero-order valence-electron chi connectivity index (χ0n) is 13.7. The van der Waals surface area contributed by atoms with Gasteiger partial charge in [0.2, 0.25) is 5.91 Å². The maximum absolute atomic E-state index is 12.0. The van der Waals surface area contributed by atoms with Crippen molar-refractivity contribution in [2.45, 2.75) is 12.8 Å². The number of nitrogens with one attached hydrogen (secondary N) is 2. The average molecular weight is 368 g/mol. The number of anilines is 1. The van der Waals surface area contributed by atoms with E-state index >= 15 is 0 Å². The molecule has 26 heavy (non-hydrogen) atoms. The number of ketones is 1. The van der Waals surface area contributed by atoms with Crippen molar-refractivity contribution >= 4 is 34.1 Å². The molecule has 0 bridgehead atoms. The van der Waals surface area contributed by atoms with Gasteiger partial charge in [0.1, 0.15) is 5.69 Å². The Morgan fingerprint density at radius 3 is 2.62 bits per heavy atom. The Bertz CT molecular complexity index is 946. The van der Waals surface area contributed by atoms with Crippen LogP contribution in [-0.2, 0) is 4.79 Å². The number of nitrogens with zero attached hydrogens (tertiary/aromatic N) is 1. The van der Waals surface area contributed by atoms with E-state index in [-0.39, 0.29) is 30.2 Å². The van der Waals surface area contributed by atoms with Crippen LogP contribution in [0.15, 0.2) is 48.0 Å². The Morgan fingerprint density at radius 1 is 1.15 bits per heavy atom. The molecule has 3 rings (SSSR count). The van der Waals surface area contributed by atoms with Gasteiger partial charge in [0, 0.05) is 35.5 Å². The summed E-state index contributed by atoms with van der Waals surface area (Å²) >= 11 is 1.26. The number of Topliss-reactive ketones (excluding diaryl/α,β-unsaturated/α-hetero) is 1. The van der Waals surface area contributed by atoms with Crippen LogP contribution in [0.5, 0.6) is 0 Å². The van der Waals surface area contributed by atoms with Crippen molar-refractivity contribution in [1.29, 1.82) is 0 Å². The highest BCUT2D eigenvalue weighted by molar-refractivity contribution is 7.14. The molecule has 0 spiro atoms. The third-order valence-electron chi connectivity index (χ3n) is 3.67. The molecule has 1 aromatic carbocycles. The molecule has 8 heteroatoms. The van der Waals surface area contributed by atoms with Crippen LogP contribution in [0.2, 0.25) is 0 Å². The molecule has 0 fully saturated rings. The number of carbonyl (C=O) groups excluding carboxylic acids is 3. The van der Waals surface area contributed by atoms with Gasteiger partial charge in [0.25, 0.3) is 5.91 Å². The number of amides is 2. The first kappa shape index (κ1) is 17.6. The van der Waals surface area contributed by atoms with Crippen LogP contribution in [0, 0.1) is 0 Å². The lowest BCUT2D eigenvalue weighted by molar-refractivity contribution is -0.116. The molecule has 0 saturated heterocycles. The van der Waals surface area contributed by atoms with Gasteiger partial charge in [0.05, 0.1) is 5.69 Å². The number of primary amides is 1. The first-order valence-corrected chi connectivity index (χ1v) is 8.73. The fraction of sp³-hybridized carbons (Fsp3) is 0.111. The number of benzene rings is 1. The minimum absolute atomic E-state index is 0.0770. The number of hydrogen-bond acceptors (Lipinski definition) is 5. The average Bonchev–Trinajstić information content (AvgIpc) is 3.29. The molecular formula is C18H16N4O3S. The van der Waals surface area contributed by atoms with Crippen molar-refractivity contribution in [2.75, 3.05) is 5.32 Å². The number of carbonyl (C=O) groups is 3. The van der Waals surface area contributed by atoms with Gasteiger partial charge in [-0.3, -0.25) is 14.4 Å². The number of aromatic amines is 1. The van der Waals surface area contributed by atoms with Crippen molar-refractivity contribution in [3.8, 4) is 11.3 Å². The van der Waals surface area contributed by atoms with Gasteiger partial charge in [-0.15, -0.1) is 11.3 Å². The van der Waals surface area contributed by atoms with Crippen LogP contribution in [0.1, 0.15) is 33.7 Å². The molecule has 0 unspecified atom stereocenters. The van der Waals surface area contributed by atoms with Gasteiger partial charge < -0.3 is 16.0 Å². The predicted octanol–water partition coefficient (Wildman–Crippen LogP) is 2.84. The first-order valence-electron chi connectivity index (χ1n) is 7.85. The molecule has 0 saturated carbocycles. The lowest BCUT2D eigenvalue weighted by Crippen LogP contribution is -2.13. The maximum Gasteiger partial charge on any atom is 0.265 e. The molecule has 132 valence electrons. The minimum Gasteiger partial charge on any atom is -0.364 e. The standard InChI is InChI=1S/C18H16N4O3S/c19-17(25)13-8-12(9-20-13)14-10-26-18(21-14)22-16(24)7-6-15(23)11-4-2-1-3-5-11/h1-5,8-10,20H,6-7H2,(H2,19,25)(H,21,22,24). The summed E-state index contributed by atoms with van der Waals surface area (Å²) in [4.78, 5) is 42.2. The summed E-state index contributed by atoms with van der Waals surface area (Å²) in [5, 5.41) is 4.88. The zero-order valence-corrected chi connectivity index (χ0v) is 14.5. The van der Waals surface area contributed by atoms with Crippen LogP contribution >= 0.6 is 11.3 Å². The summed E-state index contributed by atoms with van der Waals surface area (Å²) in [6, 6.07) is 10.5. The van der Waals surface area contributed by atoms with Crippen molar-refractivity contribution in [3.63, 3.8) is 0 Å². The molecule has 2 aromatic heterocycles. The van der Waals surface area contributed by atoms with Gasteiger partial charge in [0.15, 0.2) is 10.9 Å². The number of H-pyrrole nitrogens is 1. The van der Waals surface area contributed by atoms with Crippen molar-refractivity contribution in [3.05, 3.63) is 59.2 Å². The van der Waals surface area contributed by atoms with Crippen LogP contribution in [-0.4, -0.2) is 27.6 Å². The second-order valence-electron chi connectivity index (χ2n) is 5.54.